The summed E-state index contributed by atoms with van der Waals surface area (Å²) in [4.78, 5) is 27.2. The van der Waals surface area contributed by atoms with Crippen LogP contribution in [0.15, 0.2) is 27.6 Å². The molecule has 0 spiro atoms. The second-order valence-electron chi connectivity index (χ2n) is 6.90. The Morgan fingerprint density at radius 3 is 2.52 bits per heavy atom. The van der Waals surface area contributed by atoms with Gasteiger partial charge in [0, 0.05) is 15.9 Å². The molecule has 0 saturated carbocycles. The molecule has 0 aromatic rings. The lowest BCUT2D eigenvalue weighted by molar-refractivity contribution is -0.135. The first-order valence-corrected chi connectivity index (χ1v) is 10.1. The number of nitrogens with zero attached hydrogens (tertiary/aromatic N) is 3. The number of carbonyl (C=O) groups is 2. The Morgan fingerprint density at radius 1 is 1.45 bits per heavy atom. The van der Waals surface area contributed by atoms with Crippen molar-refractivity contribution in [1.82, 2.24) is 5.32 Å². The first-order valence-electron chi connectivity index (χ1n) is 9.25. The fraction of sp³-hybridized carbons (Fsp3) is 0.600. The van der Waals surface area contributed by atoms with E-state index in [2.05, 4.69) is 32.6 Å². The molecule has 4 atom stereocenters. The number of ether oxygens (including phenoxy) is 1. The molecule has 0 aliphatic carbocycles. The van der Waals surface area contributed by atoms with E-state index in [0.29, 0.717) is 11.3 Å². The fourth-order valence-electron chi connectivity index (χ4n) is 2.31. The third kappa shape index (κ3) is 9.09. The summed E-state index contributed by atoms with van der Waals surface area (Å²) in [5.41, 5.74) is 8.76. The number of nitrogens with one attached hydrogen (secondary N) is 1. The normalized spacial score (nSPS) is 15.3. The number of rotatable bonds is 12. The predicted molar refractivity (Wildman–Crippen MR) is 115 cm³/mol. The Morgan fingerprint density at radius 2 is 2.07 bits per heavy atom. The second-order valence-corrected chi connectivity index (χ2v) is 7.89. The van der Waals surface area contributed by atoms with E-state index in [1.807, 2.05) is 27.7 Å². The summed E-state index contributed by atoms with van der Waals surface area (Å²) >= 11 is 1.03. The predicted octanol–water partition coefficient (Wildman–Crippen LogP) is 3.54. The second kappa shape index (κ2) is 13.7. The highest BCUT2D eigenvalue weighted by molar-refractivity contribution is 8.05. The molecule has 160 valence electrons. The van der Waals surface area contributed by atoms with Crippen molar-refractivity contribution in [2.45, 2.75) is 58.7 Å². The standard InChI is InChI=1S/C20H30N4O4S/c1-8-13(5)18(23-24-21)19(26)22-16(12(3)4)10-17(25)14(6)29-11-15(9-2)20(27)28-7/h2,11-13,16-18,25H,6,8,10H2,1,3-5,7H3,(H,22,26)/b15-11+/t13-,16+,17+,18-/m0/s1. The minimum Gasteiger partial charge on any atom is -0.465 e. The molecule has 1 amide bonds. The van der Waals surface area contributed by atoms with Crippen LogP contribution in [-0.4, -0.2) is 42.3 Å². The molecule has 0 unspecified atom stereocenters. The molecule has 8 nitrogen and oxygen atoms in total. The number of hydrogen-bond donors (Lipinski definition) is 2. The number of aliphatic hydroxyl groups is 1. The van der Waals surface area contributed by atoms with E-state index < -0.39 is 18.1 Å². The molecule has 0 rings (SSSR count). The SMILES string of the molecule is C#C/C(=C\SC(=C)[C@H](O)C[C@@H](NC(=O)[C@@H](N=[N+]=[N-])[C@@H](C)CC)C(C)C)C(=O)OC. The monoisotopic (exact) mass is 422 g/mol. The van der Waals surface area contributed by atoms with Crippen molar-refractivity contribution in [3.05, 3.63) is 32.9 Å². The first-order chi connectivity index (χ1) is 13.6. The van der Waals surface area contributed by atoms with E-state index >= 15 is 0 Å². The average Bonchev–Trinajstić information content (AvgIpc) is 2.70. The van der Waals surface area contributed by atoms with E-state index in [0.717, 1.165) is 11.8 Å². The summed E-state index contributed by atoms with van der Waals surface area (Å²) in [6.07, 6.45) is 5.20. The molecule has 0 bridgehead atoms. The van der Waals surface area contributed by atoms with Gasteiger partial charge in [-0.05, 0) is 29.2 Å². The highest BCUT2D eigenvalue weighted by atomic mass is 32.2. The zero-order valence-electron chi connectivity index (χ0n) is 17.6. The Bertz CT molecular complexity index is 708. The zero-order valence-corrected chi connectivity index (χ0v) is 18.4. The van der Waals surface area contributed by atoms with E-state index in [9.17, 15) is 14.7 Å². The van der Waals surface area contributed by atoms with Crippen LogP contribution < -0.4 is 5.32 Å². The van der Waals surface area contributed by atoms with Gasteiger partial charge in [0.05, 0.1) is 13.2 Å². The molecule has 0 heterocycles. The van der Waals surface area contributed by atoms with Crippen molar-refractivity contribution in [3.8, 4) is 12.3 Å². The van der Waals surface area contributed by atoms with Crippen molar-refractivity contribution >= 4 is 23.6 Å². The molecule has 9 heteroatoms. The summed E-state index contributed by atoms with van der Waals surface area (Å²) in [6.45, 7) is 11.4. The Hall–Kier alpha value is -2.40. The largest absolute Gasteiger partial charge is 0.465 e. The van der Waals surface area contributed by atoms with Crippen LogP contribution in [-0.2, 0) is 14.3 Å². The van der Waals surface area contributed by atoms with Crippen LogP contribution in [0.3, 0.4) is 0 Å². The first kappa shape index (κ1) is 26.6. The maximum absolute atomic E-state index is 12.6. The Balaban J connectivity index is 5.15. The van der Waals surface area contributed by atoms with Crippen molar-refractivity contribution < 1.29 is 19.4 Å². The van der Waals surface area contributed by atoms with Gasteiger partial charge in [-0.2, -0.15) is 0 Å². The molecule has 0 fully saturated rings. The summed E-state index contributed by atoms with van der Waals surface area (Å²) in [5.74, 6) is 1.10. The molecule has 0 aromatic heterocycles. The highest BCUT2D eigenvalue weighted by Gasteiger charge is 2.27. The Kier molecular flexibility index (Phi) is 12.6. The quantitative estimate of drug-likeness (QED) is 0.124. The maximum Gasteiger partial charge on any atom is 0.346 e. The summed E-state index contributed by atoms with van der Waals surface area (Å²) in [6, 6.07) is -1.19. The van der Waals surface area contributed by atoms with E-state index in [4.69, 9.17) is 12.0 Å². The third-order valence-corrected chi connectivity index (χ3v) is 5.43. The number of carbonyl (C=O) groups excluding carboxylic acids is 2. The van der Waals surface area contributed by atoms with Crippen LogP contribution in [0.2, 0.25) is 0 Å². The van der Waals surface area contributed by atoms with Gasteiger partial charge in [0.15, 0.2) is 0 Å². The molecule has 0 aromatic carbocycles. The number of amides is 1. The maximum atomic E-state index is 12.6. The lowest BCUT2D eigenvalue weighted by Crippen LogP contribution is -2.46. The lowest BCUT2D eigenvalue weighted by atomic mass is 9.95. The van der Waals surface area contributed by atoms with Gasteiger partial charge in [-0.15, -0.1) is 6.42 Å². The van der Waals surface area contributed by atoms with E-state index in [1.165, 1.54) is 12.5 Å². The van der Waals surface area contributed by atoms with Crippen molar-refractivity contribution in [2.75, 3.05) is 7.11 Å². The van der Waals surface area contributed by atoms with Crippen molar-refractivity contribution in [1.29, 1.82) is 0 Å². The van der Waals surface area contributed by atoms with Gasteiger partial charge in [-0.3, -0.25) is 4.79 Å². The van der Waals surface area contributed by atoms with Gasteiger partial charge < -0.3 is 15.2 Å². The fourth-order valence-corrected chi connectivity index (χ4v) is 2.99. The molecular weight excluding hydrogens is 392 g/mol. The number of aliphatic hydroxyl groups excluding tert-OH is 1. The molecular formula is C20H30N4O4S. The average molecular weight is 423 g/mol. The molecule has 0 aliphatic rings. The van der Waals surface area contributed by atoms with Crippen LogP contribution in [0.4, 0.5) is 0 Å². The van der Waals surface area contributed by atoms with Crippen LogP contribution in [0, 0.1) is 24.2 Å². The number of hydrogen-bond acceptors (Lipinski definition) is 6. The smallest absolute Gasteiger partial charge is 0.346 e. The van der Waals surface area contributed by atoms with Gasteiger partial charge in [-0.25, -0.2) is 4.79 Å². The van der Waals surface area contributed by atoms with Crippen LogP contribution in [0.1, 0.15) is 40.5 Å². The lowest BCUT2D eigenvalue weighted by Gasteiger charge is -2.28. The highest BCUT2D eigenvalue weighted by Crippen LogP contribution is 2.25. The van der Waals surface area contributed by atoms with Crippen LogP contribution in [0.25, 0.3) is 10.4 Å². The Labute approximate surface area is 176 Å². The number of esters is 1. The molecule has 0 saturated heterocycles. The van der Waals surface area contributed by atoms with Crippen molar-refractivity contribution in [3.63, 3.8) is 0 Å². The summed E-state index contributed by atoms with van der Waals surface area (Å²) in [7, 11) is 1.22. The summed E-state index contributed by atoms with van der Waals surface area (Å²) < 4.78 is 4.57. The van der Waals surface area contributed by atoms with Gasteiger partial charge in [0.1, 0.15) is 11.6 Å². The number of methoxy groups -OCH3 is 1. The van der Waals surface area contributed by atoms with Crippen LogP contribution in [0.5, 0.6) is 0 Å². The molecule has 29 heavy (non-hydrogen) atoms. The zero-order chi connectivity index (χ0) is 22.6. The third-order valence-electron chi connectivity index (χ3n) is 4.50. The topological polar surface area (TPSA) is 124 Å². The van der Waals surface area contributed by atoms with Gasteiger partial charge in [-0.1, -0.05) is 63.5 Å². The van der Waals surface area contributed by atoms with Crippen molar-refractivity contribution in [2.24, 2.45) is 17.0 Å². The van der Waals surface area contributed by atoms with Gasteiger partial charge in [0.2, 0.25) is 5.91 Å². The number of terminal acetylenes is 1. The van der Waals surface area contributed by atoms with E-state index in [1.54, 1.807) is 0 Å². The van der Waals surface area contributed by atoms with Gasteiger partial charge >= 0.3 is 5.97 Å². The van der Waals surface area contributed by atoms with Gasteiger partial charge in [0.25, 0.3) is 0 Å². The number of thioether (sulfide) groups is 1. The molecule has 0 aliphatic heterocycles. The number of azide groups is 1. The minimum atomic E-state index is -0.956. The minimum absolute atomic E-state index is 0.0157. The van der Waals surface area contributed by atoms with Crippen LogP contribution >= 0.6 is 11.8 Å². The molecule has 0 radical (unpaired) electrons. The van der Waals surface area contributed by atoms with E-state index in [-0.39, 0.29) is 35.8 Å². The summed E-state index contributed by atoms with van der Waals surface area (Å²) in [5, 5.41) is 18.4. The molecule has 2 N–H and O–H groups in total.